The molecule has 0 aromatic carbocycles. The SMILES string of the molecule is NC(=O)C(O)C(O)c1c[nH]c2ncccc12. The number of pyridine rings is 1. The number of aromatic nitrogens is 2. The molecule has 2 unspecified atom stereocenters. The number of carbonyl (C=O) groups is 1. The standard InChI is InChI=1S/C10H11N3O3/c11-9(16)8(15)7(14)6-4-13-10-5(6)2-1-3-12-10/h1-4,7-8,14-15H,(H2,11,16)(H,12,13). The van der Waals surface area contributed by atoms with Crippen molar-refractivity contribution in [2.24, 2.45) is 5.73 Å². The van der Waals surface area contributed by atoms with Crippen molar-refractivity contribution >= 4 is 16.9 Å². The highest BCUT2D eigenvalue weighted by molar-refractivity contribution is 5.83. The number of carbonyl (C=O) groups excluding carboxylic acids is 1. The van der Waals surface area contributed by atoms with E-state index in [4.69, 9.17) is 5.73 Å². The summed E-state index contributed by atoms with van der Waals surface area (Å²) >= 11 is 0. The van der Waals surface area contributed by atoms with Crippen LogP contribution in [0, 0.1) is 0 Å². The van der Waals surface area contributed by atoms with Gasteiger partial charge in [-0.25, -0.2) is 4.98 Å². The van der Waals surface area contributed by atoms with Crippen molar-refractivity contribution in [1.29, 1.82) is 0 Å². The van der Waals surface area contributed by atoms with Crippen LogP contribution in [0.5, 0.6) is 0 Å². The van der Waals surface area contributed by atoms with E-state index in [0.29, 0.717) is 16.6 Å². The molecule has 0 radical (unpaired) electrons. The van der Waals surface area contributed by atoms with E-state index in [1.54, 1.807) is 18.3 Å². The van der Waals surface area contributed by atoms with Crippen LogP contribution in [0.4, 0.5) is 0 Å². The number of primary amides is 1. The first kappa shape index (κ1) is 10.6. The lowest BCUT2D eigenvalue weighted by Crippen LogP contribution is -2.33. The summed E-state index contributed by atoms with van der Waals surface area (Å²) in [6, 6.07) is 3.42. The normalized spacial score (nSPS) is 14.9. The molecule has 6 nitrogen and oxygen atoms in total. The zero-order valence-electron chi connectivity index (χ0n) is 8.29. The number of aliphatic hydroxyl groups excluding tert-OH is 2. The minimum absolute atomic E-state index is 0.398. The molecule has 2 heterocycles. The Morgan fingerprint density at radius 1 is 1.50 bits per heavy atom. The summed E-state index contributed by atoms with van der Waals surface area (Å²) in [7, 11) is 0. The molecule has 0 saturated heterocycles. The summed E-state index contributed by atoms with van der Waals surface area (Å²) in [4.78, 5) is 17.6. The van der Waals surface area contributed by atoms with Crippen LogP contribution in [0.15, 0.2) is 24.5 Å². The summed E-state index contributed by atoms with van der Waals surface area (Å²) in [5, 5.41) is 19.8. The van der Waals surface area contributed by atoms with Crippen molar-refractivity contribution in [3.8, 4) is 0 Å². The van der Waals surface area contributed by atoms with Gasteiger partial charge in [-0.1, -0.05) is 0 Å². The third-order valence-electron chi connectivity index (χ3n) is 2.39. The van der Waals surface area contributed by atoms with Crippen molar-refractivity contribution in [1.82, 2.24) is 9.97 Å². The van der Waals surface area contributed by atoms with E-state index >= 15 is 0 Å². The van der Waals surface area contributed by atoms with Crippen LogP contribution in [0.3, 0.4) is 0 Å². The van der Waals surface area contributed by atoms with Gasteiger partial charge in [0.2, 0.25) is 5.91 Å². The quantitative estimate of drug-likeness (QED) is 0.556. The molecule has 0 aliphatic rings. The number of amides is 1. The highest BCUT2D eigenvalue weighted by Gasteiger charge is 2.25. The minimum atomic E-state index is -1.63. The Kier molecular flexibility index (Phi) is 2.59. The largest absolute Gasteiger partial charge is 0.385 e. The van der Waals surface area contributed by atoms with Crippen LogP contribution in [0.1, 0.15) is 11.7 Å². The number of rotatable bonds is 3. The molecule has 1 amide bonds. The van der Waals surface area contributed by atoms with Crippen molar-refractivity contribution in [3.63, 3.8) is 0 Å². The highest BCUT2D eigenvalue weighted by atomic mass is 16.3. The van der Waals surface area contributed by atoms with Gasteiger partial charge in [-0.15, -0.1) is 0 Å². The maximum absolute atomic E-state index is 10.8. The molecule has 0 spiro atoms. The molecule has 0 aliphatic heterocycles. The Bertz CT molecular complexity index is 523. The van der Waals surface area contributed by atoms with Crippen molar-refractivity contribution < 1.29 is 15.0 Å². The summed E-state index contributed by atoms with van der Waals surface area (Å²) in [6.07, 6.45) is 0.114. The van der Waals surface area contributed by atoms with Crippen molar-refractivity contribution in [2.45, 2.75) is 12.2 Å². The number of hydrogen-bond donors (Lipinski definition) is 4. The summed E-state index contributed by atoms with van der Waals surface area (Å²) in [5.74, 6) is -0.967. The van der Waals surface area contributed by atoms with E-state index in [2.05, 4.69) is 9.97 Å². The number of aromatic amines is 1. The first-order valence-corrected chi connectivity index (χ1v) is 4.68. The lowest BCUT2D eigenvalue weighted by molar-refractivity contribution is -0.131. The van der Waals surface area contributed by atoms with Gasteiger partial charge in [-0.3, -0.25) is 4.79 Å². The summed E-state index contributed by atoms with van der Waals surface area (Å²) in [6.45, 7) is 0. The molecule has 2 aromatic heterocycles. The molecule has 0 saturated carbocycles. The number of aliphatic hydroxyl groups is 2. The molecule has 2 rings (SSSR count). The van der Waals surface area contributed by atoms with E-state index in [1.165, 1.54) is 6.20 Å². The van der Waals surface area contributed by atoms with Crippen LogP contribution in [-0.4, -0.2) is 32.2 Å². The first-order chi connectivity index (χ1) is 7.61. The van der Waals surface area contributed by atoms with E-state index in [0.717, 1.165) is 0 Å². The molecule has 5 N–H and O–H groups in total. The molecule has 6 heteroatoms. The molecule has 84 valence electrons. The fourth-order valence-corrected chi connectivity index (χ4v) is 1.55. The molecular formula is C10H11N3O3. The first-order valence-electron chi connectivity index (χ1n) is 4.68. The number of nitrogens with two attached hydrogens (primary N) is 1. The lowest BCUT2D eigenvalue weighted by Gasteiger charge is -2.13. The molecule has 0 bridgehead atoms. The molecule has 0 fully saturated rings. The second-order valence-electron chi connectivity index (χ2n) is 3.44. The molecular weight excluding hydrogens is 210 g/mol. The lowest BCUT2D eigenvalue weighted by atomic mass is 10.0. The molecule has 16 heavy (non-hydrogen) atoms. The van der Waals surface area contributed by atoms with E-state index in [1.807, 2.05) is 0 Å². The fourth-order valence-electron chi connectivity index (χ4n) is 1.55. The Hall–Kier alpha value is -1.92. The Labute approximate surface area is 90.7 Å². The smallest absolute Gasteiger partial charge is 0.249 e. The third-order valence-corrected chi connectivity index (χ3v) is 2.39. The third kappa shape index (κ3) is 1.64. The zero-order valence-corrected chi connectivity index (χ0v) is 8.29. The highest BCUT2D eigenvalue weighted by Crippen LogP contribution is 2.24. The Morgan fingerprint density at radius 3 is 2.94 bits per heavy atom. The van der Waals surface area contributed by atoms with Crippen LogP contribution in [-0.2, 0) is 4.79 Å². The van der Waals surface area contributed by atoms with Crippen LogP contribution < -0.4 is 5.73 Å². The van der Waals surface area contributed by atoms with Crippen molar-refractivity contribution in [3.05, 3.63) is 30.1 Å². The van der Waals surface area contributed by atoms with Gasteiger partial charge in [0.1, 0.15) is 11.8 Å². The molecule has 2 aromatic rings. The summed E-state index contributed by atoms with van der Waals surface area (Å²) in [5.41, 5.74) is 5.89. The maximum Gasteiger partial charge on any atom is 0.249 e. The number of hydrogen-bond acceptors (Lipinski definition) is 4. The topological polar surface area (TPSA) is 112 Å². The Morgan fingerprint density at radius 2 is 2.25 bits per heavy atom. The predicted molar refractivity (Wildman–Crippen MR) is 56.3 cm³/mol. The van der Waals surface area contributed by atoms with Gasteiger partial charge in [0.15, 0.2) is 6.10 Å². The van der Waals surface area contributed by atoms with Gasteiger partial charge >= 0.3 is 0 Å². The Balaban J connectivity index is 2.44. The number of nitrogens with zero attached hydrogens (tertiary/aromatic N) is 1. The zero-order chi connectivity index (χ0) is 11.7. The second kappa shape index (κ2) is 3.92. The van der Waals surface area contributed by atoms with Crippen LogP contribution in [0.25, 0.3) is 11.0 Å². The predicted octanol–water partition coefficient (Wildman–Crippen LogP) is -0.558. The number of H-pyrrole nitrogens is 1. The number of nitrogens with one attached hydrogen (secondary N) is 1. The average Bonchev–Trinajstić information content (AvgIpc) is 2.70. The van der Waals surface area contributed by atoms with Gasteiger partial charge in [-0.05, 0) is 12.1 Å². The maximum atomic E-state index is 10.8. The van der Waals surface area contributed by atoms with Crippen molar-refractivity contribution in [2.75, 3.05) is 0 Å². The monoisotopic (exact) mass is 221 g/mol. The van der Waals surface area contributed by atoms with E-state index in [-0.39, 0.29) is 0 Å². The van der Waals surface area contributed by atoms with Gasteiger partial charge < -0.3 is 20.9 Å². The molecule has 2 atom stereocenters. The van der Waals surface area contributed by atoms with Gasteiger partial charge in [0.05, 0.1) is 0 Å². The van der Waals surface area contributed by atoms with Crippen LogP contribution >= 0.6 is 0 Å². The summed E-state index contributed by atoms with van der Waals surface area (Å²) < 4.78 is 0. The fraction of sp³-hybridized carbons (Fsp3) is 0.200. The van der Waals surface area contributed by atoms with Crippen LogP contribution in [0.2, 0.25) is 0 Å². The van der Waals surface area contributed by atoms with Gasteiger partial charge in [-0.2, -0.15) is 0 Å². The van der Waals surface area contributed by atoms with E-state index < -0.39 is 18.1 Å². The minimum Gasteiger partial charge on any atom is -0.385 e. The average molecular weight is 221 g/mol. The second-order valence-corrected chi connectivity index (χ2v) is 3.44. The van der Waals surface area contributed by atoms with Gasteiger partial charge in [0.25, 0.3) is 0 Å². The molecule has 0 aliphatic carbocycles. The van der Waals surface area contributed by atoms with Gasteiger partial charge in [0, 0.05) is 23.3 Å². The van der Waals surface area contributed by atoms with E-state index in [9.17, 15) is 15.0 Å². The number of fused-ring (bicyclic) bond motifs is 1.